The summed E-state index contributed by atoms with van der Waals surface area (Å²) in [4.78, 5) is 13.0. The van der Waals surface area contributed by atoms with E-state index >= 15 is 0 Å². The Bertz CT molecular complexity index is 1510. The molecule has 212 valence electrons. The molecule has 2 N–H and O–H groups in total. The number of carbonyl (C=O) groups excluding carboxylic acids is 1. The monoisotopic (exact) mass is 638 g/mol. The number of hydrogen-bond donors (Lipinski definition) is 2. The summed E-state index contributed by atoms with van der Waals surface area (Å²) in [5.74, 6) is 0.180. The van der Waals surface area contributed by atoms with Crippen molar-refractivity contribution in [2.45, 2.75) is 12.8 Å². The fraction of sp³-hybridized carbons (Fsp3) is 0.0833. The highest BCUT2D eigenvalue weighted by Crippen LogP contribution is 2.55. The number of esters is 1. The lowest BCUT2D eigenvalue weighted by Gasteiger charge is -2.27. The van der Waals surface area contributed by atoms with Crippen molar-refractivity contribution in [2.24, 2.45) is 0 Å². The number of aromatic hydroxyl groups is 2. The molecule has 0 radical (unpaired) electrons. The number of benzene rings is 5. The normalized spacial score (nSPS) is 11.1. The van der Waals surface area contributed by atoms with Crippen LogP contribution in [0.15, 0.2) is 133 Å². The number of phenolic OH excluding ortho intramolecular Hbond substituents is 2. The van der Waals surface area contributed by atoms with Gasteiger partial charge in [-0.2, -0.15) is 0 Å². The molecule has 0 atom stereocenters. The number of carbonyl (C=O) groups is 1. The molecular formula is C36H32BrO4P. The second kappa shape index (κ2) is 14.6. The van der Waals surface area contributed by atoms with Crippen LogP contribution in [0.4, 0.5) is 0 Å². The Balaban J connectivity index is 0.00000405. The summed E-state index contributed by atoms with van der Waals surface area (Å²) in [6.07, 6.45) is 5.41. The van der Waals surface area contributed by atoms with Gasteiger partial charge in [-0.05, 0) is 78.2 Å². The van der Waals surface area contributed by atoms with Crippen molar-refractivity contribution >= 4 is 41.3 Å². The molecule has 0 unspecified atom stereocenters. The van der Waals surface area contributed by atoms with Gasteiger partial charge in [0.05, 0.1) is 6.16 Å². The van der Waals surface area contributed by atoms with Crippen molar-refractivity contribution in [1.82, 2.24) is 0 Å². The average molecular weight is 640 g/mol. The molecule has 5 aromatic carbocycles. The molecule has 0 saturated carbocycles. The highest BCUT2D eigenvalue weighted by Gasteiger charge is 2.44. The molecule has 5 aromatic rings. The van der Waals surface area contributed by atoms with Crippen molar-refractivity contribution in [2.75, 3.05) is 6.16 Å². The number of phenols is 2. The van der Waals surface area contributed by atoms with E-state index < -0.39 is 7.26 Å². The van der Waals surface area contributed by atoms with Crippen LogP contribution in [0.3, 0.4) is 0 Å². The summed E-state index contributed by atoms with van der Waals surface area (Å²) in [6, 6.07) is 43.4. The maximum Gasteiger partial charge on any atom is 0.311 e. The van der Waals surface area contributed by atoms with Gasteiger partial charge in [0, 0.05) is 12.5 Å². The molecule has 4 nitrogen and oxygen atoms in total. The van der Waals surface area contributed by atoms with Crippen LogP contribution < -0.4 is 37.6 Å². The van der Waals surface area contributed by atoms with Crippen molar-refractivity contribution in [3.05, 3.63) is 145 Å². The highest BCUT2D eigenvalue weighted by atomic mass is 79.9. The van der Waals surface area contributed by atoms with Crippen LogP contribution in [0.2, 0.25) is 0 Å². The Hall–Kier alpha value is -4.18. The largest absolute Gasteiger partial charge is 1.00 e. The van der Waals surface area contributed by atoms with E-state index in [-0.39, 0.29) is 40.9 Å². The first kappa shape index (κ1) is 30.8. The first-order chi connectivity index (χ1) is 20.0. The van der Waals surface area contributed by atoms with Crippen LogP contribution in [0, 0.1) is 0 Å². The Morgan fingerprint density at radius 3 is 1.64 bits per heavy atom. The number of hydrogen-bond acceptors (Lipinski definition) is 4. The van der Waals surface area contributed by atoms with Crippen LogP contribution in [0.1, 0.15) is 24.0 Å². The molecule has 6 heteroatoms. The van der Waals surface area contributed by atoms with Crippen molar-refractivity contribution in [1.29, 1.82) is 0 Å². The average Bonchev–Trinajstić information content (AvgIpc) is 3.00. The van der Waals surface area contributed by atoms with Gasteiger partial charge in [-0.1, -0.05) is 78.9 Å². The highest BCUT2D eigenvalue weighted by molar-refractivity contribution is 7.95. The van der Waals surface area contributed by atoms with E-state index in [2.05, 4.69) is 72.8 Å². The van der Waals surface area contributed by atoms with Gasteiger partial charge in [0.25, 0.3) is 0 Å². The van der Waals surface area contributed by atoms with Gasteiger partial charge >= 0.3 is 5.97 Å². The molecule has 0 saturated heterocycles. The van der Waals surface area contributed by atoms with E-state index in [1.807, 2.05) is 30.4 Å². The van der Waals surface area contributed by atoms with Gasteiger partial charge in [0.15, 0.2) is 0 Å². The predicted molar refractivity (Wildman–Crippen MR) is 170 cm³/mol. The van der Waals surface area contributed by atoms with Gasteiger partial charge in [-0.15, -0.1) is 0 Å². The second-order valence-electron chi connectivity index (χ2n) is 9.80. The molecule has 5 rings (SSSR count). The lowest BCUT2D eigenvalue weighted by molar-refractivity contribution is -0.134. The minimum Gasteiger partial charge on any atom is -1.00 e. The molecule has 0 aliphatic rings. The number of rotatable bonds is 10. The van der Waals surface area contributed by atoms with Gasteiger partial charge in [-0.25, -0.2) is 0 Å². The third-order valence-corrected chi connectivity index (χ3v) is 11.5. The number of ether oxygens (including phenoxy) is 1. The third kappa shape index (κ3) is 7.55. The smallest absolute Gasteiger partial charge is 0.311 e. The molecule has 0 spiro atoms. The SMILES string of the molecule is O=C(CCC[P+](c1ccccc1)(c1ccccc1)c1ccccc1)Oc1cc(O)cc(/C=C/c2ccc(O)cc2)c1.[Br-]. The van der Waals surface area contributed by atoms with E-state index in [1.165, 1.54) is 22.0 Å². The molecule has 0 heterocycles. The molecule has 42 heavy (non-hydrogen) atoms. The molecule has 0 aromatic heterocycles. The van der Waals surface area contributed by atoms with Crippen LogP contribution in [-0.2, 0) is 4.79 Å². The molecule has 0 aliphatic carbocycles. The Kier molecular flexibility index (Phi) is 10.7. The first-order valence-corrected chi connectivity index (χ1v) is 15.6. The van der Waals surface area contributed by atoms with Gasteiger partial charge in [0.2, 0.25) is 0 Å². The van der Waals surface area contributed by atoms with Gasteiger partial charge < -0.3 is 31.9 Å². The zero-order chi connectivity index (χ0) is 28.5. The zero-order valence-corrected chi connectivity index (χ0v) is 25.5. The van der Waals surface area contributed by atoms with Gasteiger partial charge in [-0.3, -0.25) is 4.79 Å². The quantitative estimate of drug-likeness (QED) is 0.105. The van der Waals surface area contributed by atoms with E-state index in [0.29, 0.717) is 17.7 Å². The summed E-state index contributed by atoms with van der Waals surface area (Å²) in [7, 11) is -2.02. The van der Waals surface area contributed by atoms with Crippen LogP contribution in [-0.4, -0.2) is 22.3 Å². The van der Waals surface area contributed by atoms with Gasteiger partial charge in [0.1, 0.15) is 40.4 Å². The lowest BCUT2D eigenvalue weighted by Crippen LogP contribution is -3.00. The van der Waals surface area contributed by atoms with Crippen molar-refractivity contribution < 1.29 is 36.7 Å². The molecule has 0 amide bonds. The van der Waals surface area contributed by atoms with Crippen molar-refractivity contribution in [3.63, 3.8) is 0 Å². The molecule has 0 fully saturated rings. The summed E-state index contributed by atoms with van der Waals surface area (Å²) in [6.45, 7) is 0. The topological polar surface area (TPSA) is 66.8 Å². The fourth-order valence-corrected chi connectivity index (χ4v) is 9.41. The van der Waals surface area contributed by atoms with E-state index in [0.717, 1.165) is 11.7 Å². The third-order valence-electron chi connectivity index (χ3n) is 6.97. The summed E-state index contributed by atoms with van der Waals surface area (Å²) in [5, 5.41) is 23.6. The zero-order valence-electron chi connectivity index (χ0n) is 23.0. The van der Waals surface area contributed by atoms with Crippen LogP contribution >= 0.6 is 7.26 Å². The van der Waals surface area contributed by atoms with E-state index in [9.17, 15) is 15.0 Å². The molecular weight excluding hydrogens is 607 g/mol. The van der Waals surface area contributed by atoms with Crippen LogP contribution in [0.5, 0.6) is 17.2 Å². The maximum absolute atomic E-state index is 13.0. The Labute approximate surface area is 258 Å². The molecule has 0 aliphatic heterocycles. The summed E-state index contributed by atoms with van der Waals surface area (Å²) < 4.78 is 5.68. The fourth-order valence-electron chi connectivity index (χ4n) is 5.06. The predicted octanol–water partition coefficient (Wildman–Crippen LogP) is 3.95. The van der Waals surface area contributed by atoms with E-state index in [1.54, 1.807) is 36.4 Å². The minimum absolute atomic E-state index is 0. The number of halogens is 1. The molecule has 0 bridgehead atoms. The summed E-state index contributed by atoms with van der Waals surface area (Å²) in [5.41, 5.74) is 1.59. The summed E-state index contributed by atoms with van der Waals surface area (Å²) >= 11 is 0. The maximum atomic E-state index is 13.0. The Morgan fingerprint density at radius 2 is 1.12 bits per heavy atom. The van der Waals surface area contributed by atoms with E-state index in [4.69, 9.17) is 4.74 Å². The minimum atomic E-state index is -2.02. The standard InChI is InChI=1S/C36H31O4P.BrH/c37-30-22-20-28(21-23-30)18-19-29-25-31(38)27-32(26-29)40-36(39)17-10-24-41(33-11-4-1-5-12-33,34-13-6-2-7-14-34)35-15-8-3-9-16-35;/h1-9,11-16,18-23,25-27H,10,17,24H2,(H-,37,38);1H/b19-18+;. The lowest BCUT2D eigenvalue weighted by atomic mass is 10.1. The van der Waals surface area contributed by atoms with Crippen LogP contribution in [0.25, 0.3) is 12.2 Å². The second-order valence-corrected chi connectivity index (χ2v) is 13.4. The first-order valence-electron chi connectivity index (χ1n) is 13.6. The van der Waals surface area contributed by atoms with Crippen molar-refractivity contribution in [3.8, 4) is 17.2 Å². The Morgan fingerprint density at radius 1 is 0.619 bits per heavy atom.